The van der Waals surface area contributed by atoms with E-state index in [1.807, 2.05) is 6.92 Å². The predicted molar refractivity (Wildman–Crippen MR) is 51.6 cm³/mol. The molecule has 0 bridgehead atoms. The van der Waals surface area contributed by atoms with Crippen molar-refractivity contribution in [3.05, 3.63) is 10.8 Å². The third kappa shape index (κ3) is 1.46. The highest BCUT2D eigenvalue weighted by Crippen LogP contribution is 2.45. The Bertz CT molecular complexity index is 248. The molecular weight excluding hydrogens is 168 g/mol. The summed E-state index contributed by atoms with van der Waals surface area (Å²) in [7, 11) is 0.204. The average Bonchev–Trinajstić information content (AvgIpc) is 2.59. The highest BCUT2D eigenvalue weighted by atomic mass is 28.3. The molecule has 0 saturated heterocycles. The molecule has 1 rings (SSSR count). The van der Waals surface area contributed by atoms with E-state index in [0.29, 0.717) is 0 Å². The second kappa shape index (κ2) is 2.73. The van der Waals surface area contributed by atoms with Crippen LogP contribution in [0.1, 0.15) is 6.92 Å². The molecule has 0 N–H and O–H groups in total. The number of ether oxygens (including phenoxy) is 1. The van der Waals surface area contributed by atoms with Crippen LogP contribution in [-0.2, 0) is 9.53 Å². The summed E-state index contributed by atoms with van der Waals surface area (Å²) >= 11 is 0. The van der Waals surface area contributed by atoms with Gasteiger partial charge in [-0.25, -0.2) is 0 Å². The third-order valence-corrected chi connectivity index (χ3v) is 4.61. The van der Waals surface area contributed by atoms with Crippen LogP contribution in [-0.4, -0.2) is 21.2 Å². The zero-order chi connectivity index (χ0) is 9.52. The molecule has 0 heterocycles. The van der Waals surface area contributed by atoms with Crippen LogP contribution in [0.25, 0.3) is 0 Å². The van der Waals surface area contributed by atoms with Gasteiger partial charge in [0.25, 0.3) is 0 Å². The molecule has 0 aromatic heterocycles. The molecule has 12 heavy (non-hydrogen) atoms. The molecule has 2 nitrogen and oxygen atoms in total. The first-order chi connectivity index (χ1) is 5.39. The van der Waals surface area contributed by atoms with Gasteiger partial charge in [0.05, 0.1) is 21.1 Å². The lowest BCUT2D eigenvalue weighted by Crippen LogP contribution is -2.22. The molecule has 1 unspecified atom stereocenters. The van der Waals surface area contributed by atoms with Crippen molar-refractivity contribution in [1.82, 2.24) is 0 Å². The standard InChI is InChI=1S/C9H16O2Si/c1-6-7(9(10)11-2)8(6)12(3,4)5/h7H,1-5H3. The molecule has 68 valence electrons. The summed E-state index contributed by atoms with van der Waals surface area (Å²) in [5.41, 5.74) is 1.25. The summed E-state index contributed by atoms with van der Waals surface area (Å²) in [5.74, 6) is -0.0356. The number of methoxy groups -OCH3 is 1. The van der Waals surface area contributed by atoms with Crippen LogP contribution < -0.4 is 0 Å². The van der Waals surface area contributed by atoms with Gasteiger partial charge in [-0.3, -0.25) is 4.79 Å². The maximum absolute atomic E-state index is 11.2. The number of carbonyl (C=O) groups excluding carboxylic acids is 1. The maximum atomic E-state index is 11.2. The van der Waals surface area contributed by atoms with Crippen LogP contribution in [0.2, 0.25) is 19.6 Å². The average molecular weight is 184 g/mol. The Kier molecular flexibility index (Phi) is 2.16. The lowest BCUT2D eigenvalue weighted by molar-refractivity contribution is -0.141. The number of rotatable bonds is 2. The monoisotopic (exact) mass is 184 g/mol. The van der Waals surface area contributed by atoms with Gasteiger partial charge < -0.3 is 4.74 Å². The fourth-order valence-electron chi connectivity index (χ4n) is 1.77. The van der Waals surface area contributed by atoms with Crippen LogP contribution in [0.15, 0.2) is 10.8 Å². The van der Waals surface area contributed by atoms with E-state index in [2.05, 4.69) is 19.6 Å². The lowest BCUT2D eigenvalue weighted by atomic mass is 10.3. The number of hydrogen-bond acceptors (Lipinski definition) is 2. The highest BCUT2D eigenvalue weighted by Gasteiger charge is 2.46. The third-order valence-electron chi connectivity index (χ3n) is 2.31. The first-order valence-electron chi connectivity index (χ1n) is 4.18. The summed E-state index contributed by atoms with van der Waals surface area (Å²) in [6.07, 6.45) is 0. The van der Waals surface area contributed by atoms with Crippen molar-refractivity contribution in [3.63, 3.8) is 0 Å². The SMILES string of the molecule is COC(=O)C1C(C)=C1[Si](C)(C)C. The van der Waals surface area contributed by atoms with Gasteiger partial charge in [-0.1, -0.05) is 30.4 Å². The molecule has 0 saturated carbocycles. The first kappa shape index (κ1) is 9.51. The molecule has 1 aliphatic rings. The lowest BCUT2D eigenvalue weighted by Gasteiger charge is -2.12. The van der Waals surface area contributed by atoms with Gasteiger partial charge in [0.2, 0.25) is 0 Å². The van der Waals surface area contributed by atoms with Crippen molar-refractivity contribution in [3.8, 4) is 0 Å². The summed E-state index contributed by atoms with van der Waals surface area (Å²) in [6.45, 7) is 8.81. The van der Waals surface area contributed by atoms with E-state index in [9.17, 15) is 4.79 Å². The van der Waals surface area contributed by atoms with Gasteiger partial charge in [0.1, 0.15) is 0 Å². The number of hydrogen-bond donors (Lipinski definition) is 0. The van der Waals surface area contributed by atoms with Crippen LogP contribution >= 0.6 is 0 Å². The normalized spacial score (nSPS) is 22.6. The topological polar surface area (TPSA) is 26.3 Å². The van der Waals surface area contributed by atoms with Gasteiger partial charge in [0.15, 0.2) is 0 Å². The molecule has 0 aromatic rings. The van der Waals surface area contributed by atoms with Crippen LogP contribution in [0, 0.1) is 5.92 Å². The zero-order valence-corrected chi connectivity index (χ0v) is 9.39. The van der Waals surface area contributed by atoms with Gasteiger partial charge >= 0.3 is 5.97 Å². The molecule has 0 aromatic carbocycles. The van der Waals surface area contributed by atoms with Crippen molar-refractivity contribution in [1.29, 1.82) is 0 Å². The van der Waals surface area contributed by atoms with Crippen LogP contribution in [0.5, 0.6) is 0 Å². The van der Waals surface area contributed by atoms with Crippen LogP contribution in [0.3, 0.4) is 0 Å². The fraction of sp³-hybridized carbons (Fsp3) is 0.667. The van der Waals surface area contributed by atoms with E-state index in [-0.39, 0.29) is 11.9 Å². The Hall–Kier alpha value is -0.573. The summed E-state index contributed by atoms with van der Waals surface area (Å²) < 4.78 is 4.71. The van der Waals surface area contributed by atoms with Gasteiger partial charge in [-0.2, -0.15) is 0 Å². The fourth-order valence-corrected chi connectivity index (χ4v) is 4.22. The van der Waals surface area contributed by atoms with Gasteiger partial charge in [-0.05, 0) is 6.92 Å². The van der Waals surface area contributed by atoms with Crippen molar-refractivity contribution in [2.24, 2.45) is 5.92 Å². The molecule has 0 fully saturated rings. The Labute approximate surface area is 74.6 Å². The molecule has 0 amide bonds. The minimum absolute atomic E-state index is 0.0432. The molecular formula is C9H16O2Si. The minimum atomic E-state index is -1.25. The molecule has 0 spiro atoms. The Morgan fingerprint density at radius 2 is 1.92 bits per heavy atom. The van der Waals surface area contributed by atoms with Crippen molar-refractivity contribution >= 4 is 14.0 Å². The minimum Gasteiger partial charge on any atom is -0.468 e. The second-order valence-electron chi connectivity index (χ2n) is 4.30. The largest absolute Gasteiger partial charge is 0.468 e. The Morgan fingerprint density at radius 3 is 2.17 bits per heavy atom. The summed E-state index contributed by atoms with van der Waals surface area (Å²) in [5, 5.41) is 1.38. The van der Waals surface area contributed by atoms with E-state index in [1.165, 1.54) is 17.9 Å². The highest BCUT2D eigenvalue weighted by molar-refractivity contribution is 6.84. The van der Waals surface area contributed by atoms with E-state index < -0.39 is 8.07 Å². The second-order valence-corrected chi connectivity index (χ2v) is 9.34. The van der Waals surface area contributed by atoms with Crippen molar-refractivity contribution < 1.29 is 9.53 Å². The maximum Gasteiger partial charge on any atom is 0.316 e. The molecule has 0 aliphatic heterocycles. The predicted octanol–water partition coefficient (Wildman–Crippen LogP) is 1.98. The van der Waals surface area contributed by atoms with E-state index in [0.717, 1.165) is 0 Å². The van der Waals surface area contributed by atoms with E-state index in [1.54, 1.807) is 0 Å². The van der Waals surface area contributed by atoms with Gasteiger partial charge in [0, 0.05) is 0 Å². The molecule has 1 aliphatic carbocycles. The quantitative estimate of drug-likeness (QED) is 0.484. The first-order valence-corrected chi connectivity index (χ1v) is 7.68. The van der Waals surface area contributed by atoms with Crippen molar-refractivity contribution in [2.75, 3.05) is 7.11 Å². The van der Waals surface area contributed by atoms with E-state index in [4.69, 9.17) is 4.74 Å². The van der Waals surface area contributed by atoms with Crippen molar-refractivity contribution in [2.45, 2.75) is 26.6 Å². The van der Waals surface area contributed by atoms with E-state index >= 15 is 0 Å². The smallest absolute Gasteiger partial charge is 0.316 e. The molecule has 3 heteroatoms. The number of carbonyl (C=O) groups is 1. The summed E-state index contributed by atoms with van der Waals surface area (Å²) in [4.78, 5) is 11.2. The Balaban J connectivity index is 2.68. The number of esters is 1. The molecule has 0 radical (unpaired) electrons. The van der Waals surface area contributed by atoms with Gasteiger partial charge in [-0.15, -0.1) is 0 Å². The zero-order valence-electron chi connectivity index (χ0n) is 8.39. The molecule has 1 atom stereocenters. The summed E-state index contributed by atoms with van der Waals surface area (Å²) in [6, 6.07) is 0. The van der Waals surface area contributed by atoms with Crippen LogP contribution in [0.4, 0.5) is 0 Å². The Morgan fingerprint density at radius 1 is 1.42 bits per heavy atom.